The Morgan fingerprint density at radius 1 is 1.14 bits per heavy atom. The molecule has 5 aliphatic rings. The van der Waals surface area contributed by atoms with Crippen LogP contribution in [0, 0.1) is 34.0 Å². The van der Waals surface area contributed by atoms with Crippen molar-refractivity contribution in [1.29, 1.82) is 0 Å². The second-order valence-corrected chi connectivity index (χ2v) is 13.2. The number of allylic oxidation sites excluding steroid dienone is 3. The Morgan fingerprint density at radius 3 is 2.74 bits per heavy atom. The molecule has 0 aromatic heterocycles. The van der Waals surface area contributed by atoms with Crippen molar-refractivity contribution in [3.8, 4) is 0 Å². The zero-order valence-electron chi connectivity index (χ0n) is 23.3. The first-order valence-electron chi connectivity index (χ1n) is 15.2. The van der Waals surface area contributed by atoms with Gasteiger partial charge in [-0.25, -0.2) is 0 Å². The molecule has 1 saturated heterocycles. The number of aliphatic imine (C=N–C) groups is 1. The molecule has 8 atom stereocenters. The predicted molar refractivity (Wildman–Crippen MR) is 150 cm³/mol. The molecule has 4 saturated carbocycles. The summed E-state index contributed by atoms with van der Waals surface area (Å²) in [5, 5.41) is 7.36. The average Bonchev–Trinajstić information content (AvgIpc) is 3.19. The fourth-order valence-electron chi connectivity index (χ4n) is 10.6. The maximum absolute atomic E-state index is 5.19. The van der Waals surface area contributed by atoms with Crippen LogP contribution in [0.25, 0.3) is 0 Å². The molecule has 1 aliphatic heterocycles. The Morgan fingerprint density at radius 2 is 2.00 bits per heavy atom. The van der Waals surface area contributed by atoms with E-state index in [2.05, 4.69) is 57.1 Å². The molecule has 35 heavy (non-hydrogen) atoms. The third kappa shape index (κ3) is 4.02. The molecule has 1 heterocycles. The van der Waals surface area contributed by atoms with Crippen LogP contribution in [-0.2, 0) is 0 Å². The zero-order chi connectivity index (χ0) is 24.7. The van der Waals surface area contributed by atoms with Gasteiger partial charge in [-0.2, -0.15) is 0 Å². The second kappa shape index (κ2) is 10.1. The SMILES string of the molecule is C=C/C=C1/CCC23C4CCC(C(C)=NCCCNCCC5CCC(C)N5)C4(C)CCC2C13CCC. The van der Waals surface area contributed by atoms with Gasteiger partial charge in [0.2, 0.25) is 0 Å². The highest BCUT2D eigenvalue weighted by Gasteiger charge is 2.84. The monoisotopic (exact) mass is 479 g/mol. The number of fused-ring (bicyclic) bond motifs is 2. The van der Waals surface area contributed by atoms with Gasteiger partial charge in [-0.05, 0) is 120 Å². The lowest BCUT2D eigenvalue weighted by Gasteiger charge is -2.45. The molecule has 196 valence electrons. The Hall–Kier alpha value is -0.930. The highest BCUT2D eigenvalue weighted by molar-refractivity contribution is 5.85. The van der Waals surface area contributed by atoms with Crippen LogP contribution in [0.2, 0.25) is 0 Å². The summed E-state index contributed by atoms with van der Waals surface area (Å²) in [5.74, 6) is 2.57. The quantitative estimate of drug-likeness (QED) is 0.245. The van der Waals surface area contributed by atoms with Gasteiger partial charge < -0.3 is 10.6 Å². The van der Waals surface area contributed by atoms with E-state index in [1.165, 1.54) is 82.8 Å². The molecule has 3 heteroatoms. The highest BCUT2D eigenvalue weighted by Crippen LogP contribution is 2.90. The molecule has 5 rings (SSSR count). The third-order valence-electron chi connectivity index (χ3n) is 11.8. The number of nitrogens with zero attached hydrogens (tertiary/aromatic N) is 1. The van der Waals surface area contributed by atoms with Crippen molar-refractivity contribution in [3.63, 3.8) is 0 Å². The lowest BCUT2D eigenvalue weighted by Crippen LogP contribution is -2.40. The number of hydrogen-bond donors (Lipinski definition) is 2. The van der Waals surface area contributed by atoms with E-state index in [1.54, 1.807) is 5.57 Å². The summed E-state index contributed by atoms with van der Waals surface area (Å²) in [5.41, 5.74) is 4.83. The maximum atomic E-state index is 5.19. The normalized spacial score (nSPS) is 45.4. The zero-order valence-corrected chi connectivity index (χ0v) is 23.3. The summed E-state index contributed by atoms with van der Waals surface area (Å²) in [6.07, 6.45) is 20.8. The van der Waals surface area contributed by atoms with E-state index in [9.17, 15) is 0 Å². The van der Waals surface area contributed by atoms with E-state index in [1.807, 2.05) is 0 Å². The van der Waals surface area contributed by atoms with Gasteiger partial charge in [0.15, 0.2) is 0 Å². The molecule has 0 amide bonds. The molecule has 2 N–H and O–H groups in total. The summed E-state index contributed by atoms with van der Waals surface area (Å²) in [6, 6.07) is 1.44. The van der Waals surface area contributed by atoms with Crippen molar-refractivity contribution >= 4 is 5.71 Å². The van der Waals surface area contributed by atoms with E-state index in [0.29, 0.717) is 28.2 Å². The van der Waals surface area contributed by atoms with E-state index in [4.69, 9.17) is 4.99 Å². The largest absolute Gasteiger partial charge is 0.317 e. The molecule has 3 nitrogen and oxygen atoms in total. The lowest BCUT2D eigenvalue weighted by molar-refractivity contribution is 0.0525. The van der Waals surface area contributed by atoms with Gasteiger partial charge in [-0.3, -0.25) is 4.99 Å². The summed E-state index contributed by atoms with van der Waals surface area (Å²) >= 11 is 0. The Balaban J connectivity index is 1.16. The van der Waals surface area contributed by atoms with Gasteiger partial charge in [-0.1, -0.05) is 44.6 Å². The molecular weight excluding hydrogens is 426 g/mol. The van der Waals surface area contributed by atoms with Crippen LogP contribution < -0.4 is 10.6 Å². The average molecular weight is 480 g/mol. The highest BCUT2D eigenvalue weighted by atomic mass is 15.0. The Kier molecular flexibility index (Phi) is 7.41. The summed E-state index contributed by atoms with van der Waals surface area (Å²) in [7, 11) is 0. The number of nitrogens with one attached hydrogen (secondary N) is 2. The summed E-state index contributed by atoms with van der Waals surface area (Å²) in [6.45, 7) is 17.1. The first-order valence-corrected chi connectivity index (χ1v) is 15.2. The molecule has 0 aromatic rings. The first kappa shape index (κ1) is 25.7. The fraction of sp³-hybridized carbons (Fsp3) is 0.844. The van der Waals surface area contributed by atoms with Crippen LogP contribution >= 0.6 is 0 Å². The van der Waals surface area contributed by atoms with Crippen LogP contribution in [0.3, 0.4) is 0 Å². The molecular formula is C32H53N3. The van der Waals surface area contributed by atoms with E-state index in [0.717, 1.165) is 37.5 Å². The van der Waals surface area contributed by atoms with Crippen molar-refractivity contribution in [2.45, 2.75) is 117 Å². The minimum atomic E-state index is 0.465. The number of hydrogen-bond acceptors (Lipinski definition) is 3. The van der Waals surface area contributed by atoms with Gasteiger partial charge in [0.25, 0.3) is 0 Å². The summed E-state index contributed by atoms with van der Waals surface area (Å²) < 4.78 is 0. The van der Waals surface area contributed by atoms with Gasteiger partial charge in [-0.15, -0.1) is 0 Å². The number of rotatable bonds is 11. The van der Waals surface area contributed by atoms with Crippen molar-refractivity contribution in [3.05, 3.63) is 24.3 Å². The van der Waals surface area contributed by atoms with E-state index in [-0.39, 0.29) is 0 Å². The second-order valence-electron chi connectivity index (χ2n) is 13.2. The smallest absolute Gasteiger partial charge is 0.0400 e. The van der Waals surface area contributed by atoms with Crippen molar-refractivity contribution in [1.82, 2.24) is 10.6 Å². The van der Waals surface area contributed by atoms with Gasteiger partial charge >= 0.3 is 0 Å². The minimum absolute atomic E-state index is 0.465. The molecule has 5 fully saturated rings. The van der Waals surface area contributed by atoms with Gasteiger partial charge in [0.05, 0.1) is 0 Å². The Labute approximate surface area is 216 Å². The van der Waals surface area contributed by atoms with Gasteiger partial charge in [0.1, 0.15) is 0 Å². The van der Waals surface area contributed by atoms with Gasteiger partial charge in [0, 0.05) is 35.7 Å². The third-order valence-corrected chi connectivity index (χ3v) is 11.8. The standard InChI is InChI=1S/C32H53N3/c1-6-9-25-14-19-32-28-13-12-27(30(28,5)18-15-29(32)31(25,32)17-7-2)24(4)34-21-8-20-33-22-16-26-11-10-23(3)35-26/h6,9,23,26-29,33,35H,1,7-8,10-22H2,2-5H3/b25-9-,34-24?. The maximum Gasteiger partial charge on any atom is 0.0400 e. The molecule has 1 spiro atoms. The van der Waals surface area contributed by atoms with Crippen LogP contribution in [0.4, 0.5) is 0 Å². The predicted octanol–water partition coefficient (Wildman–Crippen LogP) is 7.09. The topological polar surface area (TPSA) is 36.4 Å². The Bertz CT molecular complexity index is 844. The minimum Gasteiger partial charge on any atom is -0.317 e. The first-order chi connectivity index (χ1) is 16.9. The molecule has 0 radical (unpaired) electrons. The van der Waals surface area contributed by atoms with Crippen molar-refractivity contribution in [2.75, 3.05) is 19.6 Å². The van der Waals surface area contributed by atoms with Crippen molar-refractivity contribution < 1.29 is 0 Å². The van der Waals surface area contributed by atoms with E-state index < -0.39 is 0 Å². The van der Waals surface area contributed by atoms with Crippen LogP contribution in [0.1, 0.15) is 105 Å². The van der Waals surface area contributed by atoms with Crippen LogP contribution in [0.5, 0.6) is 0 Å². The van der Waals surface area contributed by atoms with Crippen LogP contribution in [-0.4, -0.2) is 37.4 Å². The fourth-order valence-corrected chi connectivity index (χ4v) is 10.6. The molecule has 4 aliphatic carbocycles. The molecule has 0 bridgehead atoms. The lowest BCUT2D eigenvalue weighted by atomic mass is 9.59. The van der Waals surface area contributed by atoms with E-state index >= 15 is 0 Å². The molecule has 8 unspecified atom stereocenters. The molecule has 0 aromatic carbocycles. The van der Waals surface area contributed by atoms with Crippen LogP contribution in [0.15, 0.2) is 29.3 Å². The van der Waals surface area contributed by atoms with Crippen molar-refractivity contribution in [2.24, 2.45) is 39.0 Å². The summed E-state index contributed by atoms with van der Waals surface area (Å²) in [4.78, 5) is 5.19.